The van der Waals surface area contributed by atoms with Gasteiger partial charge in [-0.25, -0.2) is 0 Å². The van der Waals surface area contributed by atoms with Crippen molar-refractivity contribution in [2.24, 2.45) is 0 Å². The highest BCUT2D eigenvalue weighted by Gasteiger charge is 2.20. The third kappa shape index (κ3) is 5.67. The van der Waals surface area contributed by atoms with Crippen LogP contribution in [0.1, 0.15) is 45.5 Å². The molecule has 0 aliphatic carbocycles. The van der Waals surface area contributed by atoms with Crippen molar-refractivity contribution in [2.45, 2.75) is 46.0 Å². The molecule has 2 N–H and O–H groups in total. The summed E-state index contributed by atoms with van der Waals surface area (Å²) in [6, 6.07) is 7.01. The van der Waals surface area contributed by atoms with Crippen molar-refractivity contribution >= 4 is 23.2 Å². The molecule has 0 atom stereocenters. The largest absolute Gasteiger partial charge is 0.326 e. The first kappa shape index (κ1) is 18.6. The van der Waals surface area contributed by atoms with Gasteiger partial charge in [0.05, 0.1) is 11.4 Å². The normalized spacial score (nSPS) is 11.0. The standard InChI is InChI=1S/C19H24N4O2/c1-13(24)22-14-5-7-15(8-6-14)23-17(25)10-9-16-18(19(2,3)4)21-12-11-20-16/h5-8,11-12H,9-10H2,1-4H3,(H,22,24)(H,23,25). The highest BCUT2D eigenvalue weighted by molar-refractivity contribution is 5.92. The van der Waals surface area contributed by atoms with Crippen molar-refractivity contribution in [3.05, 3.63) is 48.0 Å². The molecule has 0 spiro atoms. The molecule has 6 nitrogen and oxygen atoms in total. The average molecular weight is 340 g/mol. The van der Waals surface area contributed by atoms with Crippen LogP contribution in [0.2, 0.25) is 0 Å². The fourth-order valence-electron chi connectivity index (χ4n) is 2.47. The number of aromatic nitrogens is 2. The van der Waals surface area contributed by atoms with Gasteiger partial charge in [-0.2, -0.15) is 0 Å². The van der Waals surface area contributed by atoms with Gasteiger partial charge in [0, 0.05) is 48.9 Å². The number of carbonyl (C=O) groups is 2. The zero-order valence-corrected chi connectivity index (χ0v) is 15.1. The average Bonchev–Trinajstić information content (AvgIpc) is 2.54. The smallest absolute Gasteiger partial charge is 0.224 e. The van der Waals surface area contributed by atoms with E-state index >= 15 is 0 Å². The van der Waals surface area contributed by atoms with Crippen LogP contribution in [0.15, 0.2) is 36.7 Å². The summed E-state index contributed by atoms with van der Waals surface area (Å²) in [7, 11) is 0. The van der Waals surface area contributed by atoms with E-state index in [0.29, 0.717) is 24.2 Å². The van der Waals surface area contributed by atoms with Crippen molar-refractivity contribution in [1.82, 2.24) is 9.97 Å². The number of nitrogens with one attached hydrogen (secondary N) is 2. The molecule has 0 saturated heterocycles. The molecule has 2 aromatic rings. The number of aryl methyl sites for hydroxylation is 1. The monoisotopic (exact) mass is 340 g/mol. The number of carbonyl (C=O) groups excluding carboxylic acids is 2. The molecule has 25 heavy (non-hydrogen) atoms. The number of hydrogen-bond acceptors (Lipinski definition) is 4. The predicted octanol–water partition coefficient (Wildman–Crippen LogP) is 3.30. The lowest BCUT2D eigenvalue weighted by molar-refractivity contribution is -0.116. The Morgan fingerprint density at radius 1 is 0.960 bits per heavy atom. The molecule has 0 aliphatic heterocycles. The highest BCUT2D eigenvalue weighted by Crippen LogP contribution is 2.23. The Morgan fingerprint density at radius 3 is 2.08 bits per heavy atom. The number of rotatable bonds is 5. The fraction of sp³-hybridized carbons (Fsp3) is 0.368. The lowest BCUT2D eigenvalue weighted by atomic mass is 9.89. The topological polar surface area (TPSA) is 84.0 Å². The SMILES string of the molecule is CC(=O)Nc1ccc(NC(=O)CCc2nccnc2C(C)(C)C)cc1. The maximum Gasteiger partial charge on any atom is 0.224 e. The van der Waals surface area contributed by atoms with Crippen LogP contribution in [0, 0.1) is 0 Å². The van der Waals surface area contributed by atoms with Crippen molar-refractivity contribution in [1.29, 1.82) is 0 Å². The summed E-state index contributed by atoms with van der Waals surface area (Å²) in [6.45, 7) is 7.69. The zero-order chi connectivity index (χ0) is 18.4. The molecule has 1 heterocycles. The second-order valence-electron chi connectivity index (χ2n) is 6.91. The lowest BCUT2D eigenvalue weighted by Gasteiger charge is -2.20. The van der Waals surface area contributed by atoms with Crippen molar-refractivity contribution in [2.75, 3.05) is 10.6 Å². The molecule has 0 fully saturated rings. The second kappa shape index (κ2) is 7.88. The molecule has 2 amide bonds. The summed E-state index contributed by atoms with van der Waals surface area (Å²) in [6.07, 6.45) is 4.20. The van der Waals surface area contributed by atoms with Gasteiger partial charge in [0.2, 0.25) is 11.8 Å². The van der Waals surface area contributed by atoms with Gasteiger partial charge in [0.25, 0.3) is 0 Å². The quantitative estimate of drug-likeness (QED) is 0.874. The Morgan fingerprint density at radius 2 is 1.52 bits per heavy atom. The summed E-state index contributed by atoms with van der Waals surface area (Å²) in [5.74, 6) is -0.215. The Hall–Kier alpha value is -2.76. The Balaban J connectivity index is 1.94. The third-order valence-corrected chi connectivity index (χ3v) is 3.56. The number of benzene rings is 1. The molecule has 0 bridgehead atoms. The van der Waals surface area contributed by atoms with Crippen LogP contribution in [0.5, 0.6) is 0 Å². The molecular formula is C19H24N4O2. The Kier molecular flexibility index (Phi) is 5.85. The molecule has 1 aromatic heterocycles. The minimum Gasteiger partial charge on any atom is -0.326 e. The third-order valence-electron chi connectivity index (χ3n) is 3.56. The van der Waals surface area contributed by atoms with Gasteiger partial charge < -0.3 is 10.6 Å². The first-order chi connectivity index (χ1) is 11.8. The van der Waals surface area contributed by atoms with E-state index in [9.17, 15) is 9.59 Å². The van der Waals surface area contributed by atoms with Crippen LogP contribution in [-0.2, 0) is 21.4 Å². The molecule has 0 radical (unpaired) electrons. The van der Waals surface area contributed by atoms with E-state index in [4.69, 9.17) is 0 Å². The van der Waals surface area contributed by atoms with Gasteiger partial charge in [-0.1, -0.05) is 20.8 Å². The maximum absolute atomic E-state index is 12.2. The second-order valence-corrected chi connectivity index (χ2v) is 6.91. The van der Waals surface area contributed by atoms with Gasteiger partial charge in [-0.3, -0.25) is 19.6 Å². The minimum absolute atomic E-state index is 0.0854. The zero-order valence-electron chi connectivity index (χ0n) is 15.1. The molecule has 0 unspecified atom stereocenters. The molecule has 2 rings (SSSR count). The maximum atomic E-state index is 12.2. The first-order valence-corrected chi connectivity index (χ1v) is 8.23. The number of hydrogen-bond donors (Lipinski definition) is 2. The van der Waals surface area contributed by atoms with Crippen LogP contribution in [0.3, 0.4) is 0 Å². The number of anilines is 2. The Bertz CT molecular complexity index is 749. The summed E-state index contributed by atoms with van der Waals surface area (Å²) in [4.78, 5) is 32.0. The van der Waals surface area contributed by atoms with E-state index in [2.05, 4.69) is 41.4 Å². The van der Waals surface area contributed by atoms with Gasteiger partial charge in [-0.15, -0.1) is 0 Å². The fourth-order valence-corrected chi connectivity index (χ4v) is 2.47. The molecular weight excluding hydrogens is 316 g/mol. The van der Waals surface area contributed by atoms with Crippen LogP contribution in [-0.4, -0.2) is 21.8 Å². The summed E-state index contributed by atoms with van der Waals surface area (Å²) in [5.41, 5.74) is 3.04. The van der Waals surface area contributed by atoms with Crippen molar-refractivity contribution < 1.29 is 9.59 Å². The van der Waals surface area contributed by atoms with Gasteiger partial charge in [0.1, 0.15) is 0 Å². The van der Waals surface area contributed by atoms with E-state index in [1.165, 1.54) is 6.92 Å². The van der Waals surface area contributed by atoms with Gasteiger partial charge >= 0.3 is 0 Å². The summed E-state index contributed by atoms with van der Waals surface area (Å²) < 4.78 is 0. The lowest BCUT2D eigenvalue weighted by Crippen LogP contribution is -2.19. The van der Waals surface area contributed by atoms with Crippen LogP contribution >= 0.6 is 0 Å². The minimum atomic E-state index is -0.129. The van der Waals surface area contributed by atoms with E-state index in [0.717, 1.165) is 11.4 Å². The van der Waals surface area contributed by atoms with Crippen LogP contribution in [0.25, 0.3) is 0 Å². The van der Waals surface area contributed by atoms with Gasteiger partial charge in [-0.05, 0) is 24.3 Å². The number of amides is 2. The molecule has 0 aliphatic rings. The Labute approximate surface area is 148 Å². The van der Waals surface area contributed by atoms with E-state index in [1.54, 1.807) is 36.7 Å². The summed E-state index contributed by atoms with van der Waals surface area (Å²) in [5, 5.41) is 5.54. The molecule has 1 aromatic carbocycles. The first-order valence-electron chi connectivity index (χ1n) is 8.23. The van der Waals surface area contributed by atoms with Crippen molar-refractivity contribution in [3.63, 3.8) is 0 Å². The van der Waals surface area contributed by atoms with E-state index < -0.39 is 0 Å². The predicted molar refractivity (Wildman–Crippen MR) is 98.4 cm³/mol. The molecule has 132 valence electrons. The van der Waals surface area contributed by atoms with Crippen LogP contribution in [0.4, 0.5) is 11.4 Å². The van der Waals surface area contributed by atoms with Gasteiger partial charge in [0.15, 0.2) is 0 Å². The van der Waals surface area contributed by atoms with Crippen LogP contribution < -0.4 is 10.6 Å². The van der Waals surface area contributed by atoms with E-state index in [1.807, 2.05) is 0 Å². The number of nitrogens with zero attached hydrogens (tertiary/aromatic N) is 2. The summed E-state index contributed by atoms with van der Waals surface area (Å²) >= 11 is 0. The highest BCUT2D eigenvalue weighted by atomic mass is 16.2. The molecule has 6 heteroatoms. The van der Waals surface area contributed by atoms with Crippen molar-refractivity contribution in [3.8, 4) is 0 Å². The van der Waals surface area contributed by atoms with E-state index in [-0.39, 0.29) is 17.2 Å². The molecule has 0 saturated carbocycles.